The topological polar surface area (TPSA) is 86.5 Å². The molecule has 0 bridgehead atoms. The number of allylic oxidation sites excluding steroid dienone is 1. The first kappa shape index (κ1) is 21.5. The molecule has 0 radical (unpaired) electrons. The summed E-state index contributed by atoms with van der Waals surface area (Å²) in [5.41, 5.74) is 0.703. The molecular weight excluding hydrogens is 336 g/mol. The second-order valence-electron chi connectivity index (χ2n) is 6.53. The minimum Gasteiger partial charge on any atom is -0.462 e. The van der Waals surface area contributed by atoms with Gasteiger partial charge in [-0.15, -0.1) is 5.11 Å². The fraction of sp³-hybridized carbons (Fsp3) is 0.474. The summed E-state index contributed by atoms with van der Waals surface area (Å²) in [4.78, 5) is 23.0. The Hall–Kier alpha value is -2.54. The van der Waals surface area contributed by atoms with E-state index in [2.05, 4.69) is 10.2 Å². The number of carbonyl (C=O) groups is 2. The summed E-state index contributed by atoms with van der Waals surface area (Å²) in [5, 5.41) is 7.01. The van der Waals surface area contributed by atoms with E-state index in [9.17, 15) is 9.59 Å². The van der Waals surface area contributed by atoms with Gasteiger partial charge in [0.25, 0.3) is 0 Å². The van der Waals surface area contributed by atoms with Gasteiger partial charge >= 0.3 is 12.1 Å². The quantitative estimate of drug-likeness (QED) is 0.295. The summed E-state index contributed by atoms with van der Waals surface area (Å²) in [6.07, 6.45) is 0.943. The van der Waals surface area contributed by atoms with Crippen molar-refractivity contribution < 1.29 is 23.8 Å². The Bertz CT molecular complexity index is 633. The number of benzene rings is 1. The summed E-state index contributed by atoms with van der Waals surface area (Å²) in [5.74, 6) is -0.548. The Kier molecular flexibility index (Phi) is 9.22. The van der Waals surface area contributed by atoms with Crippen LogP contribution in [-0.2, 0) is 25.6 Å². The van der Waals surface area contributed by atoms with Gasteiger partial charge in [0.2, 0.25) is 0 Å². The fourth-order valence-electron chi connectivity index (χ4n) is 1.74. The van der Waals surface area contributed by atoms with Crippen molar-refractivity contribution in [2.75, 3.05) is 13.2 Å². The lowest BCUT2D eigenvalue weighted by Crippen LogP contribution is -2.21. The molecule has 0 aliphatic rings. The van der Waals surface area contributed by atoms with E-state index >= 15 is 0 Å². The first-order chi connectivity index (χ1) is 12.3. The first-order valence-electron chi connectivity index (χ1n) is 8.38. The molecule has 0 spiro atoms. The fourth-order valence-corrected chi connectivity index (χ4v) is 1.74. The smallest absolute Gasteiger partial charge is 0.452 e. The van der Waals surface area contributed by atoms with E-state index in [0.29, 0.717) is 19.6 Å². The molecule has 0 aliphatic carbocycles. The van der Waals surface area contributed by atoms with Gasteiger partial charge in [-0.05, 0) is 33.3 Å². The van der Waals surface area contributed by atoms with Gasteiger partial charge in [-0.25, -0.2) is 9.59 Å². The predicted molar refractivity (Wildman–Crippen MR) is 96.5 cm³/mol. The van der Waals surface area contributed by atoms with Crippen LogP contribution in [0.2, 0.25) is 0 Å². The van der Waals surface area contributed by atoms with E-state index in [1.54, 1.807) is 20.8 Å². The largest absolute Gasteiger partial charge is 0.462 e. The van der Waals surface area contributed by atoms with Gasteiger partial charge in [-0.2, -0.15) is 0 Å². The summed E-state index contributed by atoms with van der Waals surface area (Å²) in [6.45, 7) is 7.97. The molecule has 1 aromatic carbocycles. The molecule has 0 aliphatic heterocycles. The number of ether oxygens (including phenoxy) is 3. The van der Waals surface area contributed by atoms with Gasteiger partial charge in [0.1, 0.15) is 5.60 Å². The Morgan fingerprint density at radius 3 is 2.42 bits per heavy atom. The van der Waals surface area contributed by atoms with Crippen molar-refractivity contribution in [3.05, 3.63) is 47.7 Å². The van der Waals surface area contributed by atoms with Crippen LogP contribution in [0, 0.1) is 0 Å². The molecule has 0 aromatic heterocycles. The summed E-state index contributed by atoms with van der Waals surface area (Å²) < 4.78 is 15.5. The van der Waals surface area contributed by atoms with E-state index in [0.717, 1.165) is 5.56 Å². The zero-order valence-corrected chi connectivity index (χ0v) is 15.7. The molecule has 0 saturated carbocycles. The zero-order chi connectivity index (χ0) is 19.4. The highest BCUT2D eigenvalue weighted by molar-refractivity contribution is 5.82. The maximum Gasteiger partial charge on any atom is 0.452 e. The summed E-state index contributed by atoms with van der Waals surface area (Å²) >= 11 is 0. The van der Waals surface area contributed by atoms with Gasteiger partial charge < -0.3 is 14.2 Å². The first-order valence-corrected chi connectivity index (χ1v) is 8.38. The molecule has 0 unspecified atom stereocenters. The Balaban J connectivity index is 2.19. The Morgan fingerprint density at radius 2 is 1.77 bits per heavy atom. The molecule has 1 aromatic rings. The number of esters is 1. The third kappa shape index (κ3) is 11.1. The van der Waals surface area contributed by atoms with E-state index in [4.69, 9.17) is 14.2 Å². The second kappa shape index (κ2) is 11.1. The number of carbonyl (C=O) groups excluding carboxylic acids is 2. The van der Waals surface area contributed by atoms with E-state index in [-0.39, 0.29) is 12.3 Å². The van der Waals surface area contributed by atoms with Crippen LogP contribution in [0.4, 0.5) is 4.79 Å². The van der Waals surface area contributed by atoms with Gasteiger partial charge in [0, 0.05) is 12.5 Å². The molecule has 7 heteroatoms. The van der Waals surface area contributed by atoms with Crippen molar-refractivity contribution in [3.63, 3.8) is 0 Å². The van der Waals surface area contributed by atoms with Crippen LogP contribution < -0.4 is 0 Å². The highest BCUT2D eigenvalue weighted by atomic mass is 16.6. The highest BCUT2D eigenvalue weighted by Crippen LogP contribution is 2.09. The van der Waals surface area contributed by atoms with E-state index in [1.165, 1.54) is 13.0 Å². The molecular formula is C19H26N2O5. The minimum absolute atomic E-state index is 0.237. The molecule has 1 rings (SSSR count). The van der Waals surface area contributed by atoms with Crippen LogP contribution in [-0.4, -0.2) is 30.9 Å². The van der Waals surface area contributed by atoms with Crippen molar-refractivity contribution in [3.8, 4) is 0 Å². The Labute approximate surface area is 154 Å². The molecule has 26 heavy (non-hydrogen) atoms. The third-order valence-corrected chi connectivity index (χ3v) is 2.80. The zero-order valence-electron chi connectivity index (χ0n) is 15.7. The number of amides is 1. The number of hydrogen-bond acceptors (Lipinski definition) is 6. The molecule has 0 heterocycles. The standard InChI is InChI=1S/C19H26N2O5/c1-15(20-21-18(23)26-19(2,3)4)13-17(22)25-12-8-11-24-14-16-9-6-5-7-10-16/h5-7,9-10,13H,8,11-12,14H2,1-4H3/b15-13+,21-20?. The lowest BCUT2D eigenvalue weighted by Gasteiger charge is -2.16. The molecule has 1 amide bonds. The van der Waals surface area contributed by atoms with Crippen LogP contribution in [0.25, 0.3) is 0 Å². The summed E-state index contributed by atoms with van der Waals surface area (Å²) in [6, 6.07) is 9.83. The molecule has 7 nitrogen and oxygen atoms in total. The van der Waals surface area contributed by atoms with Gasteiger partial charge in [0.05, 0.1) is 25.5 Å². The van der Waals surface area contributed by atoms with E-state index < -0.39 is 17.7 Å². The van der Waals surface area contributed by atoms with Crippen molar-refractivity contribution in [1.29, 1.82) is 0 Å². The predicted octanol–water partition coefficient (Wildman–Crippen LogP) is 4.43. The lowest BCUT2D eigenvalue weighted by atomic mass is 10.2. The van der Waals surface area contributed by atoms with Crippen LogP contribution in [0.1, 0.15) is 39.7 Å². The average Bonchev–Trinajstić information content (AvgIpc) is 2.55. The van der Waals surface area contributed by atoms with Gasteiger partial charge in [0.15, 0.2) is 0 Å². The van der Waals surface area contributed by atoms with Crippen molar-refractivity contribution in [2.45, 2.75) is 46.3 Å². The van der Waals surface area contributed by atoms with Crippen LogP contribution in [0.3, 0.4) is 0 Å². The number of azo groups is 1. The lowest BCUT2D eigenvalue weighted by molar-refractivity contribution is -0.138. The number of hydrogen-bond donors (Lipinski definition) is 0. The molecule has 0 atom stereocenters. The van der Waals surface area contributed by atoms with Crippen molar-refractivity contribution in [1.82, 2.24) is 0 Å². The average molecular weight is 362 g/mol. The van der Waals surface area contributed by atoms with Crippen LogP contribution >= 0.6 is 0 Å². The number of rotatable bonds is 8. The maximum absolute atomic E-state index is 11.6. The summed E-state index contributed by atoms with van der Waals surface area (Å²) in [7, 11) is 0. The SMILES string of the molecule is C/C(=C\C(=O)OCCCOCc1ccccc1)N=NC(=O)OC(C)(C)C. The van der Waals surface area contributed by atoms with E-state index in [1.807, 2.05) is 30.3 Å². The minimum atomic E-state index is -0.811. The monoisotopic (exact) mass is 362 g/mol. The van der Waals surface area contributed by atoms with Crippen LogP contribution in [0.5, 0.6) is 0 Å². The number of nitrogens with zero attached hydrogens (tertiary/aromatic N) is 2. The normalized spacial score (nSPS) is 12.2. The second-order valence-corrected chi connectivity index (χ2v) is 6.53. The molecule has 0 fully saturated rings. The van der Waals surface area contributed by atoms with Crippen LogP contribution in [0.15, 0.2) is 52.3 Å². The highest BCUT2D eigenvalue weighted by Gasteiger charge is 2.15. The van der Waals surface area contributed by atoms with Crippen molar-refractivity contribution >= 4 is 12.1 Å². The molecule has 142 valence electrons. The maximum atomic E-state index is 11.6. The Morgan fingerprint density at radius 1 is 1.08 bits per heavy atom. The molecule has 0 N–H and O–H groups in total. The third-order valence-electron chi connectivity index (χ3n) is 2.80. The molecule has 0 saturated heterocycles. The van der Waals surface area contributed by atoms with Gasteiger partial charge in [-0.1, -0.05) is 35.4 Å². The van der Waals surface area contributed by atoms with Gasteiger partial charge in [-0.3, -0.25) is 0 Å². The van der Waals surface area contributed by atoms with Crippen molar-refractivity contribution in [2.24, 2.45) is 10.2 Å².